The summed E-state index contributed by atoms with van der Waals surface area (Å²) in [7, 11) is 0. The van der Waals surface area contributed by atoms with Crippen molar-refractivity contribution in [1.82, 2.24) is 14.8 Å². The second-order valence-electron chi connectivity index (χ2n) is 8.92. The maximum absolute atomic E-state index is 13.2. The Morgan fingerprint density at radius 3 is 2.75 bits per heavy atom. The van der Waals surface area contributed by atoms with Crippen LogP contribution < -0.4 is 0 Å². The fourth-order valence-corrected chi connectivity index (χ4v) is 4.96. The van der Waals surface area contributed by atoms with E-state index >= 15 is 0 Å². The summed E-state index contributed by atoms with van der Waals surface area (Å²) in [5, 5.41) is 2.26. The third kappa shape index (κ3) is 4.44. The molecule has 0 saturated carbocycles. The Morgan fingerprint density at radius 1 is 1.12 bits per heavy atom. The van der Waals surface area contributed by atoms with Gasteiger partial charge >= 0.3 is 0 Å². The number of carbonyl (C=O) groups excluding carboxylic acids is 1. The molecule has 0 aliphatic carbocycles. The van der Waals surface area contributed by atoms with E-state index in [4.69, 9.17) is 4.42 Å². The van der Waals surface area contributed by atoms with Gasteiger partial charge in [-0.2, -0.15) is 0 Å². The normalized spacial score (nSPS) is 17.2. The molecular weight excluding hydrogens is 398 g/mol. The highest BCUT2D eigenvalue weighted by Gasteiger charge is 2.25. The first kappa shape index (κ1) is 20.8. The predicted molar refractivity (Wildman–Crippen MR) is 129 cm³/mol. The van der Waals surface area contributed by atoms with E-state index in [9.17, 15) is 4.79 Å². The van der Waals surface area contributed by atoms with E-state index in [1.54, 1.807) is 0 Å². The topological polar surface area (TPSA) is 52.5 Å². The summed E-state index contributed by atoms with van der Waals surface area (Å²) in [6, 6.07) is 20.4. The molecule has 1 unspecified atom stereocenters. The van der Waals surface area contributed by atoms with Crippen LogP contribution in [-0.4, -0.2) is 53.4 Å². The van der Waals surface area contributed by atoms with E-state index in [-0.39, 0.29) is 5.91 Å². The van der Waals surface area contributed by atoms with Gasteiger partial charge in [-0.25, -0.2) is 0 Å². The number of carbonyl (C=O) groups is 1. The number of hydrogen-bond acceptors (Lipinski definition) is 3. The summed E-state index contributed by atoms with van der Waals surface area (Å²) in [6.07, 6.45) is 3.29. The Morgan fingerprint density at radius 2 is 1.94 bits per heavy atom. The van der Waals surface area contributed by atoms with Crippen LogP contribution in [0, 0.1) is 5.92 Å². The smallest absolute Gasteiger partial charge is 0.270 e. The molecule has 1 atom stereocenters. The lowest BCUT2D eigenvalue weighted by Gasteiger charge is -2.35. The van der Waals surface area contributed by atoms with Crippen molar-refractivity contribution < 1.29 is 9.21 Å². The summed E-state index contributed by atoms with van der Waals surface area (Å²) >= 11 is 0. The second kappa shape index (κ2) is 9.21. The van der Waals surface area contributed by atoms with Crippen LogP contribution in [0.3, 0.4) is 0 Å². The number of nitrogens with zero attached hydrogens (tertiary/aromatic N) is 2. The summed E-state index contributed by atoms with van der Waals surface area (Å²) < 4.78 is 5.99. The molecule has 3 heterocycles. The molecule has 1 amide bonds. The van der Waals surface area contributed by atoms with Crippen molar-refractivity contribution in [2.24, 2.45) is 5.92 Å². The standard InChI is InChI=1S/C27H31N3O2/c1-2-30(27(31)25-17-21-9-3-5-11-24(21)28-25)19-20-8-7-14-29(18-20)15-13-23-16-22-10-4-6-12-26(22)32-23/h3-6,9-12,16-17,20,28H,2,7-8,13-15,18-19H2,1H3. The van der Waals surface area contributed by atoms with Crippen LogP contribution in [-0.2, 0) is 6.42 Å². The number of furan rings is 1. The first-order valence-electron chi connectivity index (χ1n) is 11.8. The molecule has 1 saturated heterocycles. The maximum atomic E-state index is 13.2. The maximum Gasteiger partial charge on any atom is 0.270 e. The number of para-hydroxylation sites is 2. The molecule has 0 radical (unpaired) electrons. The first-order chi connectivity index (χ1) is 15.7. The summed E-state index contributed by atoms with van der Waals surface area (Å²) in [4.78, 5) is 21.0. The third-order valence-corrected chi connectivity index (χ3v) is 6.66. The van der Waals surface area contributed by atoms with Gasteiger partial charge in [0, 0.05) is 48.9 Å². The fourth-order valence-electron chi connectivity index (χ4n) is 4.96. The number of aromatic nitrogens is 1. The molecule has 5 heteroatoms. The van der Waals surface area contributed by atoms with Gasteiger partial charge in [0.1, 0.15) is 17.0 Å². The quantitative estimate of drug-likeness (QED) is 0.432. The van der Waals surface area contributed by atoms with Crippen molar-refractivity contribution >= 4 is 27.8 Å². The molecule has 2 aromatic heterocycles. The number of likely N-dealkylation sites (tertiary alicyclic amines) is 1. The van der Waals surface area contributed by atoms with Gasteiger partial charge in [0.25, 0.3) is 5.91 Å². The number of aromatic amines is 1. The second-order valence-corrected chi connectivity index (χ2v) is 8.92. The largest absolute Gasteiger partial charge is 0.461 e. The molecular formula is C27H31N3O2. The molecule has 1 fully saturated rings. The summed E-state index contributed by atoms with van der Waals surface area (Å²) in [5.41, 5.74) is 2.67. The highest BCUT2D eigenvalue weighted by atomic mass is 16.3. The SMILES string of the molecule is CCN(CC1CCCN(CCc2cc3ccccc3o2)C1)C(=O)c1cc2ccccc2[nH]1. The van der Waals surface area contributed by atoms with Crippen molar-refractivity contribution in [2.75, 3.05) is 32.7 Å². The predicted octanol–water partition coefficient (Wildman–Crippen LogP) is 5.33. The van der Waals surface area contributed by atoms with E-state index in [1.165, 1.54) is 18.2 Å². The number of hydrogen-bond donors (Lipinski definition) is 1. The Bertz CT molecular complexity index is 1140. The summed E-state index contributed by atoms with van der Waals surface area (Å²) in [6.45, 7) is 6.77. The third-order valence-electron chi connectivity index (χ3n) is 6.66. The van der Waals surface area contributed by atoms with Gasteiger partial charge in [-0.05, 0) is 56.5 Å². The van der Waals surface area contributed by atoms with Crippen molar-refractivity contribution in [1.29, 1.82) is 0 Å². The molecule has 1 N–H and O–H groups in total. The number of nitrogens with one attached hydrogen (secondary N) is 1. The van der Waals surface area contributed by atoms with E-state index in [0.717, 1.165) is 61.4 Å². The fraction of sp³-hybridized carbons (Fsp3) is 0.370. The number of fused-ring (bicyclic) bond motifs is 2. The van der Waals surface area contributed by atoms with E-state index < -0.39 is 0 Å². The molecule has 1 aliphatic rings. The minimum Gasteiger partial charge on any atom is -0.461 e. The molecule has 0 bridgehead atoms. The van der Waals surface area contributed by atoms with Crippen LogP contribution in [0.15, 0.2) is 65.1 Å². The van der Waals surface area contributed by atoms with Gasteiger partial charge in [0.05, 0.1) is 0 Å². The summed E-state index contributed by atoms with van der Waals surface area (Å²) in [5.74, 6) is 1.66. The minimum absolute atomic E-state index is 0.100. The Balaban J connectivity index is 1.19. The van der Waals surface area contributed by atoms with E-state index in [0.29, 0.717) is 11.6 Å². The number of H-pyrrole nitrogens is 1. The molecule has 4 aromatic rings. The molecule has 0 spiro atoms. The molecule has 1 aliphatic heterocycles. The molecule has 2 aromatic carbocycles. The van der Waals surface area contributed by atoms with Crippen LogP contribution in [0.5, 0.6) is 0 Å². The first-order valence-corrected chi connectivity index (χ1v) is 11.8. The van der Waals surface area contributed by atoms with E-state index in [2.05, 4.69) is 28.9 Å². The highest BCUT2D eigenvalue weighted by Crippen LogP contribution is 2.22. The van der Waals surface area contributed by atoms with Crippen LogP contribution in [0.4, 0.5) is 0 Å². The van der Waals surface area contributed by atoms with Crippen molar-refractivity contribution in [2.45, 2.75) is 26.2 Å². The number of piperidine rings is 1. The van der Waals surface area contributed by atoms with Gasteiger partial charge in [-0.1, -0.05) is 36.4 Å². The Labute approximate surface area is 189 Å². The zero-order valence-electron chi connectivity index (χ0n) is 18.7. The zero-order chi connectivity index (χ0) is 21.9. The van der Waals surface area contributed by atoms with Crippen LogP contribution in [0.1, 0.15) is 36.0 Å². The lowest BCUT2D eigenvalue weighted by molar-refractivity contribution is 0.0685. The molecule has 5 nitrogen and oxygen atoms in total. The van der Waals surface area contributed by atoms with Gasteiger partial charge in [-0.3, -0.25) is 4.79 Å². The minimum atomic E-state index is 0.100. The van der Waals surface area contributed by atoms with Crippen LogP contribution in [0.2, 0.25) is 0 Å². The zero-order valence-corrected chi connectivity index (χ0v) is 18.7. The van der Waals surface area contributed by atoms with Gasteiger partial charge in [0.15, 0.2) is 0 Å². The van der Waals surface area contributed by atoms with E-state index in [1.807, 2.05) is 53.4 Å². The molecule has 166 valence electrons. The number of amides is 1. The molecule has 5 rings (SSSR count). The van der Waals surface area contributed by atoms with Crippen molar-refractivity contribution in [3.8, 4) is 0 Å². The van der Waals surface area contributed by atoms with Gasteiger partial charge in [0.2, 0.25) is 0 Å². The lowest BCUT2D eigenvalue weighted by atomic mass is 9.97. The van der Waals surface area contributed by atoms with Crippen LogP contribution >= 0.6 is 0 Å². The van der Waals surface area contributed by atoms with Crippen molar-refractivity contribution in [3.63, 3.8) is 0 Å². The average molecular weight is 430 g/mol. The van der Waals surface area contributed by atoms with Crippen molar-refractivity contribution in [3.05, 3.63) is 72.1 Å². The van der Waals surface area contributed by atoms with Crippen LogP contribution in [0.25, 0.3) is 21.9 Å². The number of rotatable bonds is 7. The lowest BCUT2D eigenvalue weighted by Crippen LogP contribution is -2.43. The monoisotopic (exact) mass is 429 g/mol. The molecule has 32 heavy (non-hydrogen) atoms. The average Bonchev–Trinajstić information content (AvgIpc) is 3.45. The van der Waals surface area contributed by atoms with Gasteiger partial charge < -0.3 is 19.2 Å². The highest BCUT2D eigenvalue weighted by molar-refractivity contribution is 5.98. The van der Waals surface area contributed by atoms with Gasteiger partial charge in [-0.15, -0.1) is 0 Å². The Kier molecular flexibility index (Phi) is 5.99. The number of benzene rings is 2. The Hall–Kier alpha value is -3.05.